The second kappa shape index (κ2) is 9.57. The Hall–Kier alpha value is -4.21. The number of anilines is 2. The molecule has 174 valence electrons. The van der Waals surface area contributed by atoms with Gasteiger partial charge >= 0.3 is 0 Å². The minimum absolute atomic E-state index is 0.247. The summed E-state index contributed by atoms with van der Waals surface area (Å²) in [7, 11) is 0. The molecule has 1 atom stereocenters. The Morgan fingerprint density at radius 3 is 2.77 bits per heavy atom. The molecule has 0 amide bonds. The van der Waals surface area contributed by atoms with E-state index in [0.29, 0.717) is 50.7 Å². The van der Waals surface area contributed by atoms with Gasteiger partial charge in [-0.1, -0.05) is 28.9 Å². The Morgan fingerprint density at radius 1 is 1.26 bits per heavy atom. The molecule has 0 saturated heterocycles. The van der Waals surface area contributed by atoms with E-state index in [0.717, 1.165) is 12.8 Å². The third kappa shape index (κ3) is 4.72. The van der Waals surface area contributed by atoms with Crippen molar-refractivity contribution in [2.24, 2.45) is 0 Å². The topological polar surface area (TPSA) is 115 Å². The van der Waals surface area contributed by atoms with Crippen LogP contribution in [0.25, 0.3) is 10.9 Å². The fourth-order valence-electron chi connectivity index (χ4n) is 3.80. The number of rotatable bonds is 8. The normalized spacial score (nSPS) is 15.0. The zero-order valence-corrected chi connectivity index (χ0v) is 19.2. The Labute approximate surface area is 207 Å². The molecule has 10 heteroatoms. The van der Waals surface area contributed by atoms with Crippen molar-refractivity contribution in [1.82, 2.24) is 20.0 Å². The maximum absolute atomic E-state index is 13.7. The highest BCUT2D eigenvalue weighted by Crippen LogP contribution is 2.37. The summed E-state index contributed by atoms with van der Waals surface area (Å²) >= 11 is 6.58. The van der Waals surface area contributed by atoms with Gasteiger partial charge in [0.05, 0.1) is 53.9 Å². The summed E-state index contributed by atoms with van der Waals surface area (Å²) in [6.45, 7) is 0.335. The summed E-state index contributed by atoms with van der Waals surface area (Å²) in [5.41, 5.74) is 2.54. The van der Waals surface area contributed by atoms with Gasteiger partial charge in [0.15, 0.2) is 0 Å². The first-order valence-electron chi connectivity index (χ1n) is 11.5. The molecular weight excluding hydrogens is 467 g/mol. The van der Waals surface area contributed by atoms with E-state index in [1.807, 2.05) is 0 Å². The summed E-state index contributed by atoms with van der Waals surface area (Å²) in [6, 6.07) is 11.8. The molecule has 0 aliphatic heterocycles. The molecule has 0 spiro atoms. The molecule has 2 aromatic carbocycles. The number of benzene rings is 2. The molecule has 1 aliphatic rings. The first-order chi connectivity index (χ1) is 17.4. The van der Waals surface area contributed by atoms with Gasteiger partial charge in [-0.3, -0.25) is 4.98 Å². The Balaban J connectivity index is 1.62. The number of halogens is 2. The lowest BCUT2D eigenvalue weighted by molar-refractivity contribution is 0.610. The average molecular weight is 488 g/mol. The van der Waals surface area contributed by atoms with E-state index in [1.54, 1.807) is 23.0 Å². The lowest BCUT2D eigenvalue weighted by atomic mass is 10.0. The molecule has 2 N–H and O–H groups in total. The number of aromatic nitrogens is 4. The van der Waals surface area contributed by atoms with Crippen LogP contribution in [-0.4, -0.2) is 26.5 Å². The number of nitriles is 2. The maximum Gasteiger partial charge on any atom is 0.123 e. The minimum Gasteiger partial charge on any atom is -0.382 e. The molecule has 0 unspecified atom stereocenters. The largest absolute Gasteiger partial charge is 0.382 e. The van der Waals surface area contributed by atoms with Gasteiger partial charge in [0, 0.05) is 23.8 Å². The number of nitrogens with zero attached hydrogens (tertiary/aromatic N) is 6. The van der Waals surface area contributed by atoms with Crippen molar-refractivity contribution in [3.63, 3.8) is 0 Å². The zero-order valence-electron chi connectivity index (χ0n) is 19.5. The number of pyridine rings is 1. The van der Waals surface area contributed by atoms with Crippen molar-refractivity contribution < 1.29 is 5.76 Å². The molecule has 0 radical (unpaired) electrons. The molecule has 1 fully saturated rings. The predicted octanol–water partition coefficient (Wildman–Crippen LogP) is 5.35. The van der Waals surface area contributed by atoms with Crippen molar-refractivity contribution in [1.29, 1.82) is 10.5 Å². The van der Waals surface area contributed by atoms with Gasteiger partial charge in [0.1, 0.15) is 17.6 Å². The molecular formula is C25H20ClFN8. The second-order valence-corrected chi connectivity index (χ2v) is 8.58. The summed E-state index contributed by atoms with van der Waals surface area (Å²) in [5, 5.41) is 34.2. The van der Waals surface area contributed by atoms with E-state index in [9.17, 15) is 11.0 Å². The average Bonchev–Trinajstić information content (AvgIpc) is 3.60. The Morgan fingerprint density at radius 2 is 2.06 bits per heavy atom. The fourth-order valence-corrected chi connectivity index (χ4v) is 4.07. The van der Waals surface area contributed by atoms with Crippen LogP contribution in [0.4, 0.5) is 15.8 Å². The molecule has 2 heterocycles. The zero-order chi connectivity index (χ0) is 25.3. The summed E-state index contributed by atoms with van der Waals surface area (Å²) in [5.74, 6) is -0.417. The van der Waals surface area contributed by atoms with Crippen molar-refractivity contribution >= 4 is 33.9 Å². The molecule has 1 saturated carbocycles. The Kier molecular flexibility index (Phi) is 5.83. The molecule has 35 heavy (non-hydrogen) atoms. The third-order valence-electron chi connectivity index (χ3n) is 5.67. The van der Waals surface area contributed by atoms with Crippen LogP contribution >= 0.6 is 11.6 Å². The first-order valence-corrected chi connectivity index (χ1v) is 11.4. The fraction of sp³-hybridized carbons (Fsp3) is 0.240. The highest BCUT2D eigenvalue weighted by molar-refractivity contribution is 6.35. The number of hydrogen-bond donors (Lipinski definition) is 2. The highest BCUT2D eigenvalue weighted by atomic mass is 35.5. The van der Waals surface area contributed by atoms with Crippen LogP contribution in [0.1, 0.15) is 49.5 Å². The van der Waals surface area contributed by atoms with Crippen LogP contribution in [0, 0.1) is 28.5 Å². The highest BCUT2D eigenvalue weighted by Gasteiger charge is 2.27. The van der Waals surface area contributed by atoms with E-state index in [2.05, 4.69) is 38.1 Å². The van der Waals surface area contributed by atoms with E-state index in [1.165, 1.54) is 30.5 Å². The molecule has 1 aliphatic carbocycles. The second-order valence-electron chi connectivity index (χ2n) is 8.17. The smallest absolute Gasteiger partial charge is 0.123 e. The van der Waals surface area contributed by atoms with Crippen molar-refractivity contribution in [3.8, 4) is 12.1 Å². The van der Waals surface area contributed by atoms with Gasteiger partial charge in [-0.15, -0.1) is 5.10 Å². The maximum atomic E-state index is 13.7. The lowest BCUT2D eigenvalue weighted by Crippen LogP contribution is -2.13. The minimum atomic E-state index is -1.62. The number of hydrogen-bond acceptors (Lipinski definition) is 7. The van der Waals surface area contributed by atoms with Crippen LogP contribution in [0.15, 0.2) is 48.8 Å². The van der Waals surface area contributed by atoms with Crippen molar-refractivity contribution in [3.05, 3.63) is 76.5 Å². The first kappa shape index (κ1) is 21.3. The van der Waals surface area contributed by atoms with E-state index in [-0.39, 0.29) is 12.5 Å². The van der Waals surface area contributed by atoms with Crippen molar-refractivity contribution in [2.45, 2.75) is 31.3 Å². The summed E-state index contributed by atoms with van der Waals surface area (Å²) < 4.78 is 24.9. The van der Waals surface area contributed by atoms with Crippen molar-refractivity contribution in [2.75, 3.05) is 17.2 Å². The van der Waals surface area contributed by atoms with Crippen LogP contribution in [0.2, 0.25) is 5.02 Å². The summed E-state index contributed by atoms with van der Waals surface area (Å²) in [6.07, 6.45) is 5.42. The van der Waals surface area contributed by atoms with Crippen LogP contribution in [-0.2, 0) is 0 Å². The van der Waals surface area contributed by atoms with Gasteiger partial charge in [0.25, 0.3) is 0 Å². The lowest BCUT2D eigenvalue weighted by Gasteiger charge is -2.20. The molecule has 5 rings (SSSR count). The van der Waals surface area contributed by atoms with Crippen LogP contribution in [0.5, 0.6) is 0 Å². The monoisotopic (exact) mass is 487 g/mol. The SMILES string of the molecule is [2H][C@](Nc1cc(Cl)c2ncc(C#N)c(NCCC#N)c2c1)(c1ccc(F)cc1)c1cn(C2CC2)nn1. The molecule has 0 bridgehead atoms. The molecule has 2 aromatic heterocycles. The van der Waals surface area contributed by atoms with Crippen LogP contribution < -0.4 is 10.6 Å². The van der Waals surface area contributed by atoms with Gasteiger partial charge < -0.3 is 10.6 Å². The molecule has 8 nitrogen and oxygen atoms in total. The van der Waals surface area contributed by atoms with Gasteiger partial charge in [0.2, 0.25) is 0 Å². The molecule has 4 aromatic rings. The standard InChI is InChI=1S/C25H20ClFN8/c26-21-11-18(10-20-23(30-9-1-8-28)16(12-29)13-31-25(20)21)32-24(15-2-4-17(27)5-3-15)22-14-35(34-33-22)19-6-7-19/h2-5,10-11,13-14,19,24,32H,1,6-7,9H2,(H,30,31)/t24-/m0/s1/i24D. The number of fused-ring (bicyclic) bond motifs is 1. The van der Waals surface area contributed by atoms with Gasteiger partial charge in [-0.2, -0.15) is 10.5 Å². The Bertz CT molecular complexity index is 1520. The number of nitrogens with one attached hydrogen (secondary N) is 2. The van der Waals surface area contributed by atoms with Gasteiger partial charge in [-0.25, -0.2) is 9.07 Å². The van der Waals surface area contributed by atoms with Gasteiger partial charge in [-0.05, 0) is 42.7 Å². The van der Waals surface area contributed by atoms with E-state index in [4.69, 9.17) is 16.9 Å². The summed E-state index contributed by atoms with van der Waals surface area (Å²) in [4.78, 5) is 4.33. The quantitative estimate of drug-likeness (QED) is 0.322. The predicted molar refractivity (Wildman–Crippen MR) is 130 cm³/mol. The van der Waals surface area contributed by atoms with E-state index >= 15 is 0 Å². The van der Waals surface area contributed by atoms with Crippen LogP contribution in [0.3, 0.4) is 0 Å². The third-order valence-corrected chi connectivity index (χ3v) is 5.96. The van der Waals surface area contributed by atoms with E-state index < -0.39 is 11.8 Å².